The average molecular weight is 525 g/mol. The van der Waals surface area contributed by atoms with E-state index >= 15 is 0 Å². The predicted octanol–water partition coefficient (Wildman–Crippen LogP) is 4.04. The number of pyridine rings is 1. The molecule has 4 aromatic heterocycles. The Bertz CT molecular complexity index is 1670. The van der Waals surface area contributed by atoms with Gasteiger partial charge in [-0.2, -0.15) is 15.5 Å². The highest BCUT2D eigenvalue weighted by Gasteiger charge is 2.27. The Balaban J connectivity index is 1.49. The van der Waals surface area contributed by atoms with Crippen molar-refractivity contribution in [3.8, 4) is 23.1 Å². The molecule has 10 nitrogen and oxygen atoms in total. The molecular weight excluding hydrogens is 499 g/mol. The van der Waals surface area contributed by atoms with E-state index in [1.165, 1.54) is 26.2 Å². The van der Waals surface area contributed by atoms with Crippen LogP contribution in [-0.4, -0.2) is 53.7 Å². The van der Waals surface area contributed by atoms with Crippen LogP contribution in [0, 0.1) is 11.3 Å². The number of nitrogens with zero attached hydrogens (tertiary/aromatic N) is 6. The summed E-state index contributed by atoms with van der Waals surface area (Å²) in [6.07, 6.45) is 4.74. The fourth-order valence-corrected chi connectivity index (χ4v) is 3.94. The maximum Gasteiger partial charge on any atom is 0.255 e. The number of aliphatic hydroxyl groups is 1. The van der Waals surface area contributed by atoms with Gasteiger partial charge < -0.3 is 15.7 Å². The van der Waals surface area contributed by atoms with Crippen molar-refractivity contribution in [2.24, 2.45) is 0 Å². The van der Waals surface area contributed by atoms with Crippen molar-refractivity contribution in [3.63, 3.8) is 0 Å². The molecule has 5 rings (SSSR count). The highest BCUT2D eigenvalue weighted by atomic mass is 19.1. The normalized spacial score (nSPS) is 12.2. The number of alkyl halides is 1. The van der Waals surface area contributed by atoms with Gasteiger partial charge in [0.25, 0.3) is 5.91 Å². The van der Waals surface area contributed by atoms with Crippen LogP contribution < -0.4 is 10.6 Å². The summed E-state index contributed by atoms with van der Waals surface area (Å²) >= 11 is 0. The van der Waals surface area contributed by atoms with Gasteiger partial charge in [-0.25, -0.2) is 13.6 Å². The molecule has 0 spiro atoms. The summed E-state index contributed by atoms with van der Waals surface area (Å²) in [5.74, 6) is -0.548. The van der Waals surface area contributed by atoms with Crippen molar-refractivity contribution < 1.29 is 14.3 Å². The van der Waals surface area contributed by atoms with Gasteiger partial charge in [-0.15, -0.1) is 0 Å². The number of halogens is 1. The van der Waals surface area contributed by atoms with Gasteiger partial charge in [0.2, 0.25) is 0 Å². The molecule has 1 aromatic carbocycles. The number of aromatic nitrogens is 5. The summed E-state index contributed by atoms with van der Waals surface area (Å²) in [5, 5.41) is 33.4. The Morgan fingerprint density at radius 1 is 1.15 bits per heavy atom. The lowest BCUT2D eigenvalue weighted by atomic mass is 10.0. The number of rotatable bonds is 8. The van der Waals surface area contributed by atoms with Crippen LogP contribution in [0.15, 0.2) is 79.4 Å². The Labute approximate surface area is 223 Å². The van der Waals surface area contributed by atoms with Crippen LogP contribution in [-0.2, 0) is 0 Å². The van der Waals surface area contributed by atoms with E-state index in [2.05, 4.69) is 31.9 Å². The molecule has 196 valence electrons. The highest BCUT2D eigenvalue weighted by Crippen LogP contribution is 2.28. The quantitative estimate of drug-likeness (QED) is 0.279. The Morgan fingerprint density at radius 3 is 2.64 bits per heavy atom. The van der Waals surface area contributed by atoms with Crippen molar-refractivity contribution in [1.82, 2.24) is 29.7 Å². The van der Waals surface area contributed by atoms with E-state index in [-0.39, 0.29) is 12.1 Å². The third-order valence-corrected chi connectivity index (χ3v) is 6.16. The van der Waals surface area contributed by atoms with Crippen LogP contribution in [0.1, 0.15) is 29.8 Å². The van der Waals surface area contributed by atoms with Crippen LogP contribution in [0.25, 0.3) is 22.6 Å². The van der Waals surface area contributed by atoms with E-state index in [0.717, 1.165) is 11.2 Å². The van der Waals surface area contributed by atoms with E-state index in [0.29, 0.717) is 28.3 Å². The average Bonchev–Trinajstić information content (AvgIpc) is 3.61. The lowest BCUT2D eigenvalue weighted by molar-refractivity contribution is -0.00177. The number of nitriles is 1. The van der Waals surface area contributed by atoms with Crippen molar-refractivity contribution in [1.29, 1.82) is 5.26 Å². The van der Waals surface area contributed by atoms with Crippen LogP contribution >= 0.6 is 0 Å². The summed E-state index contributed by atoms with van der Waals surface area (Å²) < 4.78 is 17.7. The summed E-state index contributed by atoms with van der Waals surface area (Å²) in [6, 6.07) is 18.4. The minimum absolute atomic E-state index is 0.193. The van der Waals surface area contributed by atoms with E-state index in [1.807, 2.05) is 48.7 Å². The number of benzene rings is 1. The Morgan fingerprint density at radius 2 is 1.95 bits per heavy atom. The minimum Gasteiger partial charge on any atom is -0.387 e. The molecule has 0 fully saturated rings. The Kier molecular flexibility index (Phi) is 6.79. The molecule has 1 unspecified atom stereocenters. The molecule has 5 aromatic rings. The van der Waals surface area contributed by atoms with Crippen LogP contribution in [0.3, 0.4) is 0 Å². The van der Waals surface area contributed by atoms with Crippen LogP contribution in [0.5, 0.6) is 0 Å². The number of hydrogen-bond donors (Lipinski definition) is 3. The maximum absolute atomic E-state index is 14.3. The lowest BCUT2D eigenvalue weighted by Crippen LogP contribution is -2.42. The zero-order chi connectivity index (χ0) is 27.6. The molecule has 0 saturated heterocycles. The molecule has 0 aliphatic heterocycles. The zero-order valence-electron chi connectivity index (χ0n) is 21.2. The Hall–Kier alpha value is -5.08. The SMILES string of the molecule is CC(C)(O)C(F)CNC(=O)c1cnc(-c2ccc3cc(C#N)cnn23)cc1Nc1ccc(-n2cccn2)cc1. The van der Waals surface area contributed by atoms with E-state index < -0.39 is 17.7 Å². The molecule has 0 bridgehead atoms. The third-order valence-electron chi connectivity index (χ3n) is 6.16. The monoisotopic (exact) mass is 524 g/mol. The summed E-state index contributed by atoms with van der Waals surface area (Å²) in [4.78, 5) is 17.6. The molecule has 0 radical (unpaired) electrons. The number of fused-ring (bicyclic) bond motifs is 1. The van der Waals surface area contributed by atoms with Crippen LogP contribution in [0.4, 0.5) is 15.8 Å². The second kappa shape index (κ2) is 10.4. The van der Waals surface area contributed by atoms with Crippen LogP contribution in [0.2, 0.25) is 0 Å². The topological polar surface area (TPSA) is 133 Å². The van der Waals surface area contributed by atoms with Crippen molar-refractivity contribution in [2.75, 3.05) is 11.9 Å². The standard InChI is InChI=1S/C28H25FN8O2/c1-28(2,39)26(29)17-32-27(38)22-16-31-24(25-9-8-21-12-18(14-30)15-34-37(21)25)13-23(22)35-19-4-6-20(7-5-19)36-11-3-10-33-36/h3-13,15-16,26,39H,17H2,1-2H3,(H,31,35)(H,32,38). The fraction of sp³-hybridized carbons (Fsp3) is 0.179. The first-order valence-electron chi connectivity index (χ1n) is 12.1. The van der Waals surface area contributed by atoms with E-state index in [9.17, 15) is 19.6 Å². The molecule has 39 heavy (non-hydrogen) atoms. The highest BCUT2D eigenvalue weighted by molar-refractivity contribution is 6.00. The summed E-state index contributed by atoms with van der Waals surface area (Å²) in [7, 11) is 0. The van der Waals surface area contributed by atoms with Crippen molar-refractivity contribution in [3.05, 3.63) is 90.5 Å². The second-order valence-corrected chi connectivity index (χ2v) is 9.48. The molecule has 0 aliphatic carbocycles. The largest absolute Gasteiger partial charge is 0.387 e. The van der Waals surface area contributed by atoms with Gasteiger partial charge in [0.1, 0.15) is 12.2 Å². The zero-order valence-corrected chi connectivity index (χ0v) is 21.2. The number of carbonyl (C=O) groups excluding carboxylic acids is 1. The molecule has 1 amide bonds. The predicted molar refractivity (Wildman–Crippen MR) is 144 cm³/mol. The molecule has 3 N–H and O–H groups in total. The second-order valence-electron chi connectivity index (χ2n) is 9.48. The molecule has 11 heteroatoms. The molecular formula is C28H25FN8O2. The molecule has 4 heterocycles. The summed E-state index contributed by atoms with van der Waals surface area (Å²) in [5.41, 5.74) is 2.94. The van der Waals surface area contributed by atoms with Gasteiger partial charge in [0.15, 0.2) is 0 Å². The van der Waals surface area contributed by atoms with Crippen molar-refractivity contribution >= 4 is 22.8 Å². The number of hydrogen-bond acceptors (Lipinski definition) is 7. The lowest BCUT2D eigenvalue weighted by Gasteiger charge is -2.22. The van der Waals surface area contributed by atoms with E-state index in [1.54, 1.807) is 27.5 Å². The van der Waals surface area contributed by atoms with Crippen molar-refractivity contribution in [2.45, 2.75) is 25.6 Å². The minimum atomic E-state index is -1.66. The van der Waals surface area contributed by atoms with E-state index in [4.69, 9.17) is 0 Å². The van der Waals surface area contributed by atoms with Gasteiger partial charge in [-0.05, 0) is 68.4 Å². The first kappa shape index (κ1) is 25.6. The third kappa shape index (κ3) is 5.46. The molecule has 1 atom stereocenters. The van der Waals surface area contributed by atoms with Gasteiger partial charge >= 0.3 is 0 Å². The first-order valence-corrected chi connectivity index (χ1v) is 12.1. The fourth-order valence-electron chi connectivity index (χ4n) is 3.94. The molecule has 0 aliphatic rings. The maximum atomic E-state index is 14.3. The summed E-state index contributed by atoms with van der Waals surface area (Å²) in [6.45, 7) is 2.32. The van der Waals surface area contributed by atoms with Gasteiger partial charge in [-0.3, -0.25) is 9.78 Å². The van der Waals surface area contributed by atoms with Gasteiger partial charge in [0.05, 0.1) is 57.7 Å². The number of amides is 1. The number of carbonyl (C=O) groups is 1. The first-order chi connectivity index (χ1) is 18.7. The smallest absolute Gasteiger partial charge is 0.255 e. The number of anilines is 2. The number of nitrogens with one attached hydrogen (secondary N) is 2. The van der Waals surface area contributed by atoms with Gasteiger partial charge in [0, 0.05) is 24.3 Å². The molecule has 0 saturated carbocycles. The van der Waals surface area contributed by atoms with Gasteiger partial charge in [-0.1, -0.05) is 0 Å².